The molecule has 1 heteroatoms. The van der Waals surface area contributed by atoms with Crippen LogP contribution in [0.4, 0.5) is 0 Å². The van der Waals surface area contributed by atoms with E-state index in [1.54, 1.807) is 0 Å². The van der Waals surface area contributed by atoms with Crippen molar-refractivity contribution >= 4 is 0 Å². The fraction of sp³-hybridized carbons (Fsp3) is 0.200. The minimum atomic E-state index is 0. The third kappa shape index (κ3) is 6.72. The van der Waals surface area contributed by atoms with Gasteiger partial charge in [-0.1, -0.05) is 48.6 Å². The molecule has 0 fully saturated rings. The van der Waals surface area contributed by atoms with Crippen molar-refractivity contribution in [3.05, 3.63) is 48.6 Å². The van der Waals surface area contributed by atoms with Crippen LogP contribution < -0.4 is 0 Å². The van der Waals surface area contributed by atoms with Gasteiger partial charge in [0.2, 0.25) is 0 Å². The maximum absolute atomic E-state index is 2.12. The van der Waals surface area contributed by atoms with Crippen LogP contribution in [0, 0.1) is 41.7 Å². The van der Waals surface area contributed by atoms with Crippen LogP contribution in [0.3, 0.4) is 0 Å². The van der Waals surface area contributed by atoms with Gasteiger partial charge in [0.05, 0.1) is 0 Å². The fourth-order valence-electron chi connectivity index (χ4n) is 0.786. The third-order valence-electron chi connectivity index (χ3n) is 1.31. The first-order valence-electron chi connectivity index (χ1n) is 3.63. The van der Waals surface area contributed by atoms with Gasteiger partial charge in [-0.25, -0.2) is 0 Å². The Kier molecular flexibility index (Phi) is 8.69. The average Bonchev–Trinajstić information content (AvgIpc) is 2.67. The summed E-state index contributed by atoms with van der Waals surface area (Å²) in [4.78, 5) is 0. The molecule has 0 aromatic heterocycles. The van der Waals surface area contributed by atoms with Crippen molar-refractivity contribution in [3.8, 4) is 0 Å². The van der Waals surface area contributed by atoms with Crippen molar-refractivity contribution in [2.75, 3.05) is 0 Å². The van der Waals surface area contributed by atoms with Gasteiger partial charge in [0.15, 0.2) is 0 Å². The zero-order valence-corrected chi connectivity index (χ0v) is 9.67. The van der Waals surface area contributed by atoms with E-state index in [-0.39, 0.29) is 41.7 Å². The molecule has 0 spiro atoms. The van der Waals surface area contributed by atoms with Crippen LogP contribution in [0.1, 0.15) is 12.8 Å². The molecule has 0 bridgehead atoms. The molecule has 56 valence electrons. The van der Waals surface area contributed by atoms with E-state index >= 15 is 0 Å². The molecule has 2 aliphatic rings. The summed E-state index contributed by atoms with van der Waals surface area (Å²) < 4.78 is 0. The zero-order chi connectivity index (χ0) is 7.07. The van der Waals surface area contributed by atoms with E-state index in [1.165, 1.54) is 0 Å². The smallest absolute Gasteiger partial charge is 0 e. The van der Waals surface area contributed by atoms with E-state index in [4.69, 9.17) is 0 Å². The first-order chi connectivity index (χ1) is 5.00. The van der Waals surface area contributed by atoms with Crippen LogP contribution in [-0.4, -0.2) is 0 Å². The number of hydrogen-bond acceptors (Lipinski definition) is 0. The molecule has 0 aliphatic heterocycles. The second-order valence-electron chi connectivity index (χ2n) is 2.18. The van der Waals surface area contributed by atoms with Crippen LogP contribution >= 0.6 is 0 Å². The molecule has 0 aromatic rings. The quantitative estimate of drug-likeness (QED) is 0.636. The average molecular weight is 272 g/mol. The zero-order valence-electron chi connectivity index (χ0n) is 6.53. The summed E-state index contributed by atoms with van der Waals surface area (Å²) in [6, 6.07) is 0. The molecule has 0 amide bonds. The molecule has 0 N–H and O–H groups in total. The molecule has 0 unspecified atom stereocenters. The molecular weight excluding hydrogens is 260 g/mol. The van der Waals surface area contributed by atoms with Crippen molar-refractivity contribution in [2.24, 2.45) is 0 Å². The van der Waals surface area contributed by atoms with E-state index in [9.17, 15) is 0 Å². The Morgan fingerprint density at radius 2 is 0.818 bits per heavy atom. The van der Waals surface area contributed by atoms with Crippen LogP contribution in [0.5, 0.6) is 0 Å². The summed E-state index contributed by atoms with van der Waals surface area (Å²) in [7, 11) is 0. The first-order valence-corrected chi connectivity index (χ1v) is 3.63. The SMILES string of the molecule is C1=CCC=C1.C1=CCC=C1.[Ce]. The Labute approximate surface area is 102 Å². The largest absolute Gasteiger partial charge is 0.0808 e. The summed E-state index contributed by atoms with van der Waals surface area (Å²) in [6.07, 6.45) is 19.0. The van der Waals surface area contributed by atoms with Crippen LogP contribution in [0.15, 0.2) is 48.6 Å². The van der Waals surface area contributed by atoms with Gasteiger partial charge >= 0.3 is 0 Å². The van der Waals surface area contributed by atoms with Gasteiger partial charge < -0.3 is 0 Å². The summed E-state index contributed by atoms with van der Waals surface area (Å²) in [6.45, 7) is 0. The van der Waals surface area contributed by atoms with Gasteiger partial charge in [-0.3, -0.25) is 0 Å². The second-order valence-corrected chi connectivity index (χ2v) is 2.18. The van der Waals surface area contributed by atoms with E-state index < -0.39 is 0 Å². The maximum atomic E-state index is 2.12. The van der Waals surface area contributed by atoms with Gasteiger partial charge in [-0.05, 0) is 12.8 Å². The van der Waals surface area contributed by atoms with Crippen molar-refractivity contribution < 1.29 is 41.7 Å². The predicted molar refractivity (Wildman–Crippen MR) is 45.8 cm³/mol. The van der Waals surface area contributed by atoms with Gasteiger partial charge in [0, 0.05) is 41.7 Å². The standard InChI is InChI=1S/2C5H6.Ce/c2*1-2-4-5-3-1;/h2*1-4H,5H2;. The van der Waals surface area contributed by atoms with E-state index in [1.807, 2.05) is 0 Å². The predicted octanol–water partition coefficient (Wildman–Crippen LogP) is 3.01. The van der Waals surface area contributed by atoms with Crippen LogP contribution in [0.2, 0.25) is 0 Å². The molecule has 0 saturated heterocycles. The molecule has 2 aliphatic carbocycles. The number of allylic oxidation sites excluding steroid dienone is 8. The molecule has 0 atom stereocenters. The minimum absolute atomic E-state index is 0. The van der Waals surface area contributed by atoms with Gasteiger partial charge in [0.1, 0.15) is 0 Å². The number of rotatable bonds is 0. The topological polar surface area (TPSA) is 0 Å². The maximum Gasteiger partial charge on any atom is 0 e. The minimum Gasteiger partial charge on any atom is -0.0808 e. The Bertz CT molecular complexity index is 143. The summed E-state index contributed by atoms with van der Waals surface area (Å²) in [5.74, 6) is 0. The Morgan fingerprint density at radius 1 is 0.545 bits per heavy atom. The molecule has 11 heavy (non-hydrogen) atoms. The van der Waals surface area contributed by atoms with Gasteiger partial charge in [0.25, 0.3) is 0 Å². The van der Waals surface area contributed by atoms with Crippen LogP contribution in [0.25, 0.3) is 0 Å². The second kappa shape index (κ2) is 8.43. The summed E-state index contributed by atoms with van der Waals surface area (Å²) >= 11 is 0. The Balaban J connectivity index is 0.000000167. The molecule has 0 nitrogen and oxygen atoms in total. The molecule has 0 heterocycles. The van der Waals surface area contributed by atoms with Crippen molar-refractivity contribution in [2.45, 2.75) is 12.8 Å². The summed E-state index contributed by atoms with van der Waals surface area (Å²) in [5, 5.41) is 0. The number of hydrogen-bond donors (Lipinski definition) is 0. The normalized spacial score (nSPS) is 16.0. The van der Waals surface area contributed by atoms with Crippen LogP contribution in [-0.2, 0) is 0 Å². The molecule has 0 aromatic carbocycles. The molecule has 2 rings (SSSR count). The van der Waals surface area contributed by atoms with Gasteiger partial charge in [-0.2, -0.15) is 0 Å². The molecular formula is C10H12Ce. The van der Waals surface area contributed by atoms with E-state index in [2.05, 4.69) is 48.6 Å². The van der Waals surface area contributed by atoms with Crippen molar-refractivity contribution in [3.63, 3.8) is 0 Å². The third-order valence-corrected chi connectivity index (χ3v) is 1.31. The first kappa shape index (κ1) is 11.3. The van der Waals surface area contributed by atoms with E-state index in [0.717, 1.165) is 12.8 Å². The molecule has 0 radical (unpaired) electrons. The molecule has 0 saturated carbocycles. The Morgan fingerprint density at radius 3 is 0.909 bits per heavy atom. The van der Waals surface area contributed by atoms with E-state index in [0.29, 0.717) is 0 Å². The van der Waals surface area contributed by atoms with Crippen molar-refractivity contribution in [1.29, 1.82) is 0 Å². The Hall–Kier alpha value is 0.337. The van der Waals surface area contributed by atoms with Gasteiger partial charge in [-0.15, -0.1) is 0 Å². The summed E-state index contributed by atoms with van der Waals surface area (Å²) in [5.41, 5.74) is 0. The fourth-order valence-corrected chi connectivity index (χ4v) is 0.786. The van der Waals surface area contributed by atoms with Crippen molar-refractivity contribution in [1.82, 2.24) is 0 Å². The monoisotopic (exact) mass is 272 g/mol.